The Balaban J connectivity index is 1.41. The third-order valence-corrected chi connectivity index (χ3v) is 7.57. The molecule has 0 saturated carbocycles. The predicted octanol–water partition coefficient (Wildman–Crippen LogP) is 8.54. The quantitative estimate of drug-likeness (QED) is 0.239. The molecule has 0 bridgehead atoms. The number of nitriles is 1. The summed E-state index contributed by atoms with van der Waals surface area (Å²) in [5, 5.41) is 15.2. The van der Waals surface area contributed by atoms with Crippen molar-refractivity contribution in [3.8, 4) is 28.3 Å². The summed E-state index contributed by atoms with van der Waals surface area (Å²) in [7, 11) is 0. The molecule has 198 valence electrons. The molecule has 42 heavy (non-hydrogen) atoms. The number of benzene rings is 6. The first kappa shape index (κ1) is 25.2. The molecule has 1 N–H and O–H groups in total. The highest BCUT2D eigenvalue weighted by Crippen LogP contribution is 2.36. The molecule has 0 aromatic heterocycles. The standard InChI is InChI=1S/C38H26N4/c39-25-26-18-20-27(21-19-26)31-15-9-16-32(24-31)35-33-17-8-7-10-28(33)22-23-34(35)38-41-36(29-11-3-1-4-12-29)40-37(42-38)30-13-5-2-6-14-30/h1-24,36H,(H,40,41,42). The van der Waals surface area contributed by atoms with Crippen molar-refractivity contribution in [1.82, 2.24) is 5.32 Å². The first-order valence-electron chi connectivity index (χ1n) is 13.9. The maximum absolute atomic E-state index is 9.25. The van der Waals surface area contributed by atoms with Crippen LogP contribution in [-0.2, 0) is 0 Å². The fraction of sp³-hybridized carbons (Fsp3) is 0.0263. The van der Waals surface area contributed by atoms with Gasteiger partial charge in [-0.3, -0.25) is 0 Å². The van der Waals surface area contributed by atoms with Gasteiger partial charge in [-0.05, 0) is 51.2 Å². The smallest absolute Gasteiger partial charge is 0.159 e. The molecule has 4 nitrogen and oxygen atoms in total. The summed E-state index contributed by atoms with van der Waals surface area (Å²) in [4.78, 5) is 10.1. The number of fused-ring (bicyclic) bond motifs is 1. The molecule has 6 aromatic carbocycles. The average molecular weight is 539 g/mol. The summed E-state index contributed by atoms with van der Waals surface area (Å²) < 4.78 is 0. The summed E-state index contributed by atoms with van der Waals surface area (Å²) in [5.41, 5.74) is 8.05. The lowest BCUT2D eigenvalue weighted by Crippen LogP contribution is -2.34. The third-order valence-electron chi connectivity index (χ3n) is 7.57. The van der Waals surface area contributed by atoms with Gasteiger partial charge in [0.15, 0.2) is 5.84 Å². The van der Waals surface area contributed by atoms with Gasteiger partial charge in [0.2, 0.25) is 0 Å². The first-order valence-corrected chi connectivity index (χ1v) is 13.9. The van der Waals surface area contributed by atoms with Crippen molar-refractivity contribution in [2.45, 2.75) is 6.17 Å². The lowest BCUT2D eigenvalue weighted by molar-refractivity contribution is 0.674. The molecule has 1 atom stereocenters. The van der Waals surface area contributed by atoms with E-state index in [1.54, 1.807) is 0 Å². The zero-order chi connectivity index (χ0) is 28.3. The van der Waals surface area contributed by atoms with Crippen molar-refractivity contribution < 1.29 is 0 Å². The van der Waals surface area contributed by atoms with Gasteiger partial charge < -0.3 is 5.32 Å². The molecule has 7 rings (SSSR count). The number of nitrogens with one attached hydrogen (secondary N) is 1. The molecule has 1 aliphatic heterocycles. The Bertz CT molecular complexity index is 2000. The molecular weight excluding hydrogens is 512 g/mol. The highest BCUT2D eigenvalue weighted by Gasteiger charge is 2.24. The molecule has 0 spiro atoms. The molecule has 4 heteroatoms. The largest absolute Gasteiger partial charge is 0.344 e. The molecule has 0 saturated heterocycles. The molecule has 6 aromatic rings. The van der Waals surface area contributed by atoms with Gasteiger partial charge in [-0.25, -0.2) is 9.98 Å². The number of nitrogens with zero attached hydrogens (tertiary/aromatic N) is 3. The number of aliphatic imine (C=N–C) groups is 2. The Morgan fingerprint density at radius 3 is 2.07 bits per heavy atom. The van der Waals surface area contributed by atoms with Crippen LogP contribution in [0.2, 0.25) is 0 Å². The van der Waals surface area contributed by atoms with E-state index in [0.717, 1.165) is 55.6 Å². The van der Waals surface area contributed by atoms with E-state index in [2.05, 4.69) is 96.3 Å². The first-order chi connectivity index (χ1) is 20.8. The summed E-state index contributed by atoms with van der Waals surface area (Å²) >= 11 is 0. The van der Waals surface area contributed by atoms with E-state index in [4.69, 9.17) is 9.98 Å². The van der Waals surface area contributed by atoms with Crippen molar-refractivity contribution in [3.05, 3.63) is 168 Å². The zero-order valence-corrected chi connectivity index (χ0v) is 22.8. The van der Waals surface area contributed by atoms with Gasteiger partial charge in [0, 0.05) is 16.7 Å². The predicted molar refractivity (Wildman–Crippen MR) is 171 cm³/mol. The summed E-state index contributed by atoms with van der Waals surface area (Å²) in [6.07, 6.45) is -0.279. The molecular formula is C38H26N4. The van der Waals surface area contributed by atoms with Gasteiger partial charge in [0.25, 0.3) is 0 Å². The monoisotopic (exact) mass is 538 g/mol. The van der Waals surface area contributed by atoms with E-state index < -0.39 is 0 Å². The molecule has 0 fully saturated rings. The maximum Gasteiger partial charge on any atom is 0.159 e. The Kier molecular flexibility index (Phi) is 6.60. The van der Waals surface area contributed by atoms with E-state index in [0.29, 0.717) is 11.4 Å². The third kappa shape index (κ3) is 4.85. The van der Waals surface area contributed by atoms with Gasteiger partial charge in [0.05, 0.1) is 11.6 Å². The minimum absolute atomic E-state index is 0.279. The van der Waals surface area contributed by atoms with E-state index in [9.17, 15) is 5.26 Å². The summed E-state index contributed by atoms with van der Waals surface area (Å²) in [5.74, 6) is 1.48. The van der Waals surface area contributed by atoms with Crippen LogP contribution in [0.1, 0.15) is 28.4 Å². The van der Waals surface area contributed by atoms with Crippen LogP contribution in [0, 0.1) is 11.3 Å². The van der Waals surface area contributed by atoms with Crippen LogP contribution >= 0.6 is 0 Å². The van der Waals surface area contributed by atoms with Gasteiger partial charge in [-0.2, -0.15) is 5.26 Å². The molecule has 0 radical (unpaired) electrons. The maximum atomic E-state index is 9.25. The van der Waals surface area contributed by atoms with Crippen molar-refractivity contribution in [3.63, 3.8) is 0 Å². The SMILES string of the molecule is N#Cc1ccc(-c2cccc(-c3c(C4=NC(c5ccccc5)=NC(c5ccccc5)N4)ccc4ccccc34)c2)cc1. The minimum atomic E-state index is -0.279. The molecule has 1 aliphatic rings. The van der Waals surface area contributed by atoms with Gasteiger partial charge in [-0.1, -0.05) is 127 Å². The minimum Gasteiger partial charge on any atom is -0.344 e. The summed E-state index contributed by atoms with van der Waals surface area (Å²) in [6, 6.07) is 51.7. The number of rotatable bonds is 5. The van der Waals surface area contributed by atoms with Crippen LogP contribution in [-0.4, -0.2) is 11.7 Å². The lowest BCUT2D eigenvalue weighted by atomic mass is 9.90. The van der Waals surface area contributed by atoms with Gasteiger partial charge in [0.1, 0.15) is 12.0 Å². The van der Waals surface area contributed by atoms with Crippen LogP contribution in [0.25, 0.3) is 33.0 Å². The second-order valence-electron chi connectivity index (χ2n) is 10.2. The molecule has 1 heterocycles. The zero-order valence-electron chi connectivity index (χ0n) is 22.8. The van der Waals surface area contributed by atoms with Gasteiger partial charge >= 0.3 is 0 Å². The van der Waals surface area contributed by atoms with Crippen molar-refractivity contribution >= 4 is 22.4 Å². The Labute approximate surface area is 245 Å². The second kappa shape index (κ2) is 11.0. The van der Waals surface area contributed by atoms with Crippen LogP contribution < -0.4 is 5.32 Å². The van der Waals surface area contributed by atoms with Crippen LogP contribution in [0.5, 0.6) is 0 Å². The van der Waals surface area contributed by atoms with E-state index in [1.807, 2.05) is 60.7 Å². The average Bonchev–Trinajstić information content (AvgIpc) is 3.08. The normalized spacial score (nSPS) is 14.4. The Hall–Kier alpha value is -5.79. The Morgan fingerprint density at radius 1 is 0.595 bits per heavy atom. The van der Waals surface area contributed by atoms with E-state index >= 15 is 0 Å². The van der Waals surface area contributed by atoms with Crippen molar-refractivity contribution in [2.75, 3.05) is 0 Å². The number of amidine groups is 2. The molecule has 0 amide bonds. The highest BCUT2D eigenvalue weighted by molar-refractivity contribution is 6.18. The van der Waals surface area contributed by atoms with Crippen LogP contribution in [0.4, 0.5) is 0 Å². The Morgan fingerprint density at radius 2 is 1.29 bits per heavy atom. The van der Waals surface area contributed by atoms with Crippen LogP contribution in [0.15, 0.2) is 156 Å². The number of hydrogen-bond acceptors (Lipinski definition) is 4. The highest BCUT2D eigenvalue weighted by atomic mass is 15.2. The number of hydrogen-bond donors (Lipinski definition) is 1. The fourth-order valence-corrected chi connectivity index (χ4v) is 5.48. The van der Waals surface area contributed by atoms with E-state index in [1.165, 1.54) is 0 Å². The van der Waals surface area contributed by atoms with Crippen molar-refractivity contribution in [2.24, 2.45) is 9.98 Å². The van der Waals surface area contributed by atoms with Crippen LogP contribution in [0.3, 0.4) is 0 Å². The lowest BCUT2D eigenvalue weighted by Gasteiger charge is -2.25. The van der Waals surface area contributed by atoms with Crippen molar-refractivity contribution in [1.29, 1.82) is 5.26 Å². The second-order valence-corrected chi connectivity index (χ2v) is 10.2. The topological polar surface area (TPSA) is 60.5 Å². The molecule has 1 unspecified atom stereocenters. The van der Waals surface area contributed by atoms with Gasteiger partial charge in [-0.15, -0.1) is 0 Å². The fourth-order valence-electron chi connectivity index (χ4n) is 5.48. The molecule has 0 aliphatic carbocycles. The summed E-state index contributed by atoms with van der Waals surface area (Å²) in [6.45, 7) is 0. The van der Waals surface area contributed by atoms with E-state index in [-0.39, 0.29) is 6.17 Å².